The second-order valence-electron chi connectivity index (χ2n) is 8.83. The molecule has 0 aliphatic heterocycles. The van der Waals surface area contributed by atoms with E-state index in [1.165, 1.54) is 0 Å². The number of carbonyl (C=O) groups is 1. The quantitative estimate of drug-likeness (QED) is 0.332. The molecule has 2 N–H and O–H groups in total. The van der Waals surface area contributed by atoms with Gasteiger partial charge in [0.2, 0.25) is 5.91 Å². The molecule has 0 aliphatic rings. The summed E-state index contributed by atoms with van der Waals surface area (Å²) in [5, 5.41) is 12.2. The number of aliphatic imine (C=N–C) groups is 1. The molecule has 4 rings (SSSR count). The van der Waals surface area contributed by atoms with E-state index in [4.69, 9.17) is 16.6 Å². The Morgan fingerprint density at radius 1 is 0.971 bits per heavy atom. The first kappa shape index (κ1) is 24.5. The van der Waals surface area contributed by atoms with Crippen molar-refractivity contribution in [2.24, 2.45) is 4.99 Å². The van der Waals surface area contributed by atoms with E-state index in [0.29, 0.717) is 29.3 Å². The van der Waals surface area contributed by atoms with Gasteiger partial charge in [-0.15, -0.1) is 0 Å². The van der Waals surface area contributed by atoms with Crippen LogP contribution in [-0.2, 0) is 11.2 Å². The standard InChI is InChI=1S/C28H29ClN4O2/c1-32(2)15-16-33(3)25(34)17-19-9-12-22(13-10-19)30-27(20-7-5-4-6-8-20)26-23-14-11-21(29)18-24(23)31-28(26)35/h4-14,18,31,35H,15-17H2,1-3H3. The van der Waals surface area contributed by atoms with Gasteiger partial charge in [0.1, 0.15) is 0 Å². The molecule has 0 saturated carbocycles. The lowest BCUT2D eigenvalue weighted by molar-refractivity contribution is -0.129. The lowest BCUT2D eigenvalue weighted by Gasteiger charge is -2.19. The maximum absolute atomic E-state index is 12.6. The number of carbonyl (C=O) groups excluding carboxylic acids is 1. The highest BCUT2D eigenvalue weighted by molar-refractivity contribution is 6.31. The van der Waals surface area contributed by atoms with Gasteiger partial charge < -0.3 is 19.9 Å². The van der Waals surface area contributed by atoms with Crippen molar-refractivity contribution in [2.45, 2.75) is 6.42 Å². The van der Waals surface area contributed by atoms with E-state index in [-0.39, 0.29) is 11.8 Å². The number of hydrogen-bond acceptors (Lipinski definition) is 4. The number of halogens is 1. The van der Waals surface area contributed by atoms with E-state index in [1.807, 2.05) is 81.8 Å². The van der Waals surface area contributed by atoms with Crippen LogP contribution in [0.1, 0.15) is 16.7 Å². The van der Waals surface area contributed by atoms with Crippen molar-refractivity contribution in [3.05, 3.63) is 94.5 Å². The molecule has 3 aromatic carbocycles. The van der Waals surface area contributed by atoms with E-state index in [1.54, 1.807) is 17.0 Å². The van der Waals surface area contributed by atoms with Crippen LogP contribution in [0.5, 0.6) is 5.88 Å². The summed E-state index contributed by atoms with van der Waals surface area (Å²) in [6.45, 7) is 1.51. The fourth-order valence-electron chi connectivity index (χ4n) is 3.86. The van der Waals surface area contributed by atoms with E-state index in [9.17, 15) is 9.90 Å². The van der Waals surface area contributed by atoms with Crippen LogP contribution in [0.4, 0.5) is 5.69 Å². The highest BCUT2D eigenvalue weighted by Crippen LogP contribution is 2.32. The summed E-state index contributed by atoms with van der Waals surface area (Å²) in [6.07, 6.45) is 0.337. The molecule has 180 valence electrons. The van der Waals surface area contributed by atoms with Crippen molar-refractivity contribution < 1.29 is 9.90 Å². The molecular formula is C28H29ClN4O2. The highest BCUT2D eigenvalue weighted by Gasteiger charge is 2.19. The Balaban J connectivity index is 1.65. The number of H-pyrrole nitrogens is 1. The molecule has 0 radical (unpaired) electrons. The summed E-state index contributed by atoms with van der Waals surface area (Å²) >= 11 is 6.15. The van der Waals surface area contributed by atoms with E-state index >= 15 is 0 Å². The first-order valence-corrected chi connectivity index (χ1v) is 11.8. The van der Waals surface area contributed by atoms with Gasteiger partial charge in [0.15, 0.2) is 5.88 Å². The molecule has 35 heavy (non-hydrogen) atoms. The molecule has 0 bridgehead atoms. The van der Waals surface area contributed by atoms with Crippen molar-refractivity contribution in [2.75, 3.05) is 34.2 Å². The maximum Gasteiger partial charge on any atom is 0.226 e. The Hall–Kier alpha value is -3.61. The monoisotopic (exact) mass is 488 g/mol. The van der Waals surface area contributed by atoms with Gasteiger partial charge in [0.25, 0.3) is 0 Å². The molecular weight excluding hydrogens is 460 g/mol. The predicted molar refractivity (Wildman–Crippen MR) is 143 cm³/mol. The summed E-state index contributed by atoms with van der Waals surface area (Å²) in [5.74, 6) is 0.114. The van der Waals surface area contributed by atoms with Gasteiger partial charge in [-0.25, -0.2) is 4.99 Å². The van der Waals surface area contributed by atoms with Crippen LogP contribution in [-0.4, -0.2) is 65.7 Å². The van der Waals surface area contributed by atoms with Gasteiger partial charge in [-0.3, -0.25) is 4.79 Å². The SMILES string of the molecule is CN(C)CCN(C)C(=O)Cc1ccc(N=C(c2ccccc2)c2c(O)[nH]c3cc(Cl)ccc23)cc1. The first-order chi connectivity index (χ1) is 16.8. The molecule has 0 spiro atoms. The van der Waals surface area contributed by atoms with E-state index < -0.39 is 0 Å². The van der Waals surface area contributed by atoms with E-state index in [0.717, 1.165) is 34.3 Å². The smallest absolute Gasteiger partial charge is 0.226 e. The van der Waals surface area contributed by atoms with Crippen LogP contribution in [0.15, 0.2) is 77.8 Å². The van der Waals surface area contributed by atoms with Crippen molar-refractivity contribution in [3.8, 4) is 5.88 Å². The number of aromatic amines is 1. The van der Waals surface area contributed by atoms with Crippen LogP contribution in [0.25, 0.3) is 10.9 Å². The highest BCUT2D eigenvalue weighted by atomic mass is 35.5. The van der Waals surface area contributed by atoms with Gasteiger partial charge in [-0.05, 0) is 43.9 Å². The normalized spacial score (nSPS) is 11.9. The van der Waals surface area contributed by atoms with E-state index in [2.05, 4.69) is 9.88 Å². The minimum absolute atomic E-state index is 0.0350. The van der Waals surface area contributed by atoms with Crippen molar-refractivity contribution in [1.29, 1.82) is 0 Å². The Kier molecular flexibility index (Phi) is 7.54. The molecule has 0 aliphatic carbocycles. The summed E-state index contributed by atoms with van der Waals surface area (Å²) in [5.41, 5.74) is 4.52. The third-order valence-corrected chi connectivity index (χ3v) is 6.10. The first-order valence-electron chi connectivity index (χ1n) is 11.4. The lowest BCUT2D eigenvalue weighted by Crippen LogP contribution is -2.34. The van der Waals surface area contributed by atoms with Crippen LogP contribution < -0.4 is 0 Å². The zero-order chi connectivity index (χ0) is 24.9. The number of rotatable bonds is 8. The van der Waals surface area contributed by atoms with Crippen molar-refractivity contribution in [3.63, 3.8) is 0 Å². The molecule has 7 heteroatoms. The number of nitrogens with zero attached hydrogens (tertiary/aromatic N) is 3. The molecule has 6 nitrogen and oxygen atoms in total. The summed E-state index contributed by atoms with van der Waals surface area (Å²) in [7, 11) is 5.82. The number of aromatic hydroxyl groups is 1. The fraction of sp³-hybridized carbons (Fsp3) is 0.214. The third-order valence-electron chi connectivity index (χ3n) is 5.87. The largest absolute Gasteiger partial charge is 0.494 e. The number of likely N-dealkylation sites (N-methyl/N-ethyl adjacent to an activating group) is 2. The summed E-state index contributed by atoms with van der Waals surface area (Å²) in [4.78, 5) is 24.3. The second-order valence-corrected chi connectivity index (χ2v) is 9.26. The zero-order valence-electron chi connectivity index (χ0n) is 20.1. The second kappa shape index (κ2) is 10.8. The van der Waals surface area contributed by atoms with Crippen LogP contribution in [0.3, 0.4) is 0 Å². The molecule has 0 saturated heterocycles. The minimum atomic E-state index is 0.0350. The molecule has 0 unspecified atom stereocenters. The number of aromatic nitrogens is 1. The van der Waals surface area contributed by atoms with Gasteiger partial charge in [0.05, 0.1) is 28.9 Å². The number of amides is 1. The number of nitrogens with one attached hydrogen (secondary N) is 1. The Bertz CT molecular complexity index is 1340. The summed E-state index contributed by atoms with van der Waals surface area (Å²) < 4.78 is 0. The average Bonchev–Trinajstić information content (AvgIpc) is 3.16. The Morgan fingerprint density at radius 3 is 2.37 bits per heavy atom. The van der Waals surface area contributed by atoms with Crippen molar-refractivity contribution >= 4 is 39.8 Å². The van der Waals surface area contributed by atoms with Crippen LogP contribution in [0, 0.1) is 0 Å². The topological polar surface area (TPSA) is 71.9 Å². The Morgan fingerprint density at radius 2 is 1.69 bits per heavy atom. The maximum atomic E-state index is 12.6. The van der Waals surface area contributed by atoms with Gasteiger partial charge in [-0.1, -0.05) is 60.1 Å². The zero-order valence-corrected chi connectivity index (χ0v) is 20.9. The fourth-order valence-corrected chi connectivity index (χ4v) is 4.03. The number of benzene rings is 3. The predicted octanol–water partition coefficient (Wildman–Crippen LogP) is 5.26. The molecule has 1 heterocycles. The van der Waals surface area contributed by atoms with Crippen LogP contribution >= 0.6 is 11.6 Å². The summed E-state index contributed by atoms with van der Waals surface area (Å²) in [6, 6.07) is 22.8. The average molecular weight is 489 g/mol. The van der Waals surface area contributed by atoms with Gasteiger partial charge >= 0.3 is 0 Å². The Labute approximate surface area is 210 Å². The molecule has 1 aromatic heterocycles. The number of fused-ring (bicyclic) bond motifs is 1. The third kappa shape index (κ3) is 5.91. The molecule has 4 aromatic rings. The minimum Gasteiger partial charge on any atom is -0.494 e. The number of hydrogen-bond donors (Lipinski definition) is 2. The van der Waals surface area contributed by atoms with Crippen LogP contribution in [0.2, 0.25) is 5.02 Å². The molecule has 0 atom stereocenters. The van der Waals surface area contributed by atoms with Gasteiger partial charge in [0, 0.05) is 36.1 Å². The van der Waals surface area contributed by atoms with Crippen molar-refractivity contribution in [1.82, 2.24) is 14.8 Å². The van der Waals surface area contributed by atoms with Gasteiger partial charge in [-0.2, -0.15) is 0 Å². The molecule has 0 fully saturated rings. The molecule has 1 amide bonds. The lowest BCUT2D eigenvalue weighted by atomic mass is 10.0.